The van der Waals surface area contributed by atoms with Crippen LogP contribution in [0.3, 0.4) is 0 Å². The molecule has 0 saturated heterocycles. The van der Waals surface area contributed by atoms with E-state index in [0.717, 1.165) is 35.7 Å². The molecule has 0 aromatic heterocycles. The van der Waals surface area contributed by atoms with Crippen LogP contribution in [0.15, 0.2) is 65.3 Å². The van der Waals surface area contributed by atoms with Crippen molar-refractivity contribution in [1.82, 2.24) is 9.62 Å². The third-order valence-electron chi connectivity index (χ3n) is 8.69. The van der Waals surface area contributed by atoms with Crippen LogP contribution in [0.1, 0.15) is 49.1 Å². The number of aliphatic hydroxyl groups is 1. The molecule has 1 aliphatic heterocycles. The summed E-state index contributed by atoms with van der Waals surface area (Å²) in [7, 11) is -2.50. The Balaban J connectivity index is 1.29. The molecule has 3 aliphatic rings. The number of rotatable bonds is 12. The maximum Gasteiger partial charge on any atom is 0.416 e. The van der Waals surface area contributed by atoms with Gasteiger partial charge in [-0.1, -0.05) is 18.6 Å². The third-order valence-corrected chi connectivity index (χ3v) is 10.6. The Morgan fingerprint density at radius 3 is 2.36 bits per heavy atom. The number of hydrogen-bond acceptors (Lipinski definition) is 7. The first kappa shape index (κ1) is 32.3. The summed E-state index contributed by atoms with van der Waals surface area (Å²) < 4.78 is 84.0. The van der Waals surface area contributed by atoms with Crippen LogP contribution in [0, 0.1) is 11.8 Å². The van der Waals surface area contributed by atoms with Crippen molar-refractivity contribution in [3.05, 3.63) is 71.5 Å². The first-order valence-corrected chi connectivity index (χ1v) is 16.1. The van der Waals surface area contributed by atoms with Crippen molar-refractivity contribution in [2.24, 2.45) is 11.8 Å². The van der Waals surface area contributed by atoms with E-state index in [-0.39, 0.29) is 42.8 Å². The molecule has 2 bridgehead atoms. The number of methoxy groups -OCH3 is 1. The van der Waals surface area contributed by atoms with Crippen LogP contribution in [0.5, 0.6) is 5.75 Å². The molecule has 5 rings (SSSR count). The van der Waals surface area contributed by atoms with Gasteiger partial charge < -0.3 is 24.6 Å². The first-order chi connectivity index (χ1) is 21.0. The molecule has 2 aliphatic carbocycles. The number of nitrogens with zero attached hydrogens (tertiary/aromatic N) is 1. The van der Waals surface area contributed by atoms with Crippen LogP contribution < -0.4 is 10.1 Å². The van der Waals surface area contributed by atoms with Gasteiger partial charge in [0.2, 0.25) is 16.3 Å². The average molecular weight is 639 g/mol. The SMILES string of the molecule is COc1ccc(S(=O)(=O)N(CCO)CCO[C@H]2C[C@@H](c3ccc(C(F)(F)F)cc3)C=C(C(=O)NC3CC4CCC3C4)O2)cc1. The molecule has 9 nitrogen and oxygen atoms in total. The van der Waals surface area contributed by atoms with E-state index in [9.17, 15) is 31.5 Å². The number of benzene rings is 2. The Hall–Kier alpha value is -3.13. The van der Waals surface area contributed by atoms with Crippen molar-refractivity contribution < 1.29 is 45.7 Å². The summed E-state index contributed by atoms with van der Waals surface area (Å²) >= 11 is 0. The molecule has 1 amide bonds. The normalized spacial score (nSPS) is 25.0. The second-order valence-electron chi connectivity index (χ2n) is 11.5. The molecule has 5 atom stereocenters. The van der Waals surface area contributed by atoms with E-state index in [0.29, 0.717) is 23.1 Å². The van der Waals surface area contributed by atoms with Crippen molar-refractivity contribution >= 4 is 15.9 Å². The number of fused-ring (bicyclic) bond motifs is 2. The molecule has 2 fully saturated rings. The topological polar surface area (TPSA) is 114 Å². The lowest BCUT2D eigenvalue weighted by Crippen LogP contribution is -2.41. The van der Waals surface area contributed by atoms with Gasteiger partial charge in [0, 0.05) is 31.5 Å². The predicted octanol–water partition coefficient (Wildman–Crippen LogP) is 4.43. The lowest BCUT2D eigenvalue weighted by atomic mass is 9.91. The highest BCUT2D eigenvalue weighted by Crippen LogP contribution is 2.44. The molecule has 0 radical (unpaired) electrons. The highest BCUT2D eigenvalue weighted by atomic mass is 32.2. The number of alkyl halides is 3. The van der Waals surface area contributed by atoms with Gasteiger partial charge in [-0.05, 0) is 79.1 Å². The van der Waals surface area contributed by atoms with Crippen LogP contribution in [0.25, 0.3) is 0 Å². The van der Waals surface area contributed by atoms with Gasteiger partial charge in [0.1, 0.15) is 5.75 Å². The number of nitrogens with one attached hydrogen (secondary N) is 1. The van der Waals surface area contributed by atoms with Crippen molar-refractivity contribution in [2.45, 2.75) is 61.4 Å². The summed E-state index contributed by atoms with van der Waals surface area (Å²) in [5.41, 5.74) is -0.217. The number of sulfonamides is 1. The number of allylic oxidation sites excluding steroid dienone is 1. The number of carbonyl (C=O) groups is 1. The molecule has 0 spiro atoms. The first-order valence-electron chi connectivity index (χ1n) is 14.7. The van der Waals surface area contributed by atoms with E-state index in [1.54, 1.807) is 6.08 Å². The number of halogens is 3. The lowest BCUT2D eigenvalue weighted by molar-refractivity contribution is -0.147. The molecular formula is C31H37F3N2O7S. The highest BCUT2D eigenvalue weighted by Gasteiger charge is 2.41. The molecule has 1 heterocycles. The molecule has 240 valence electrons. The molecule has 3 unspecified atom stereocenters. The minimum absolute atomic E-state index is 0.0190. The number of aliphatic hydroxyl groups excluding tert-OH is 1. The Labute approximate surface area is 255 Å². The predicted molar refractivity (Wildman–Crippen MR) is 154 cm³/mol. The monoisotopic (exact) mass is 638 g/mol. The van der Waals surface area contributed by atoms with E-state index in [2.05, 4.69) is 5.32 Å². The van der Waals surface area contributed by atoms with Crippen molar-refractivity contribution in [3.63, 3.8) is 0 Å². The van der Waals surface area contributed by atoms with Crippen molar-refractivity contribution in [3.8, 4) is 5.75 Å². The van der Waals surface area contributed by atoms with Gasteiger partial charge in [0.05, 0.1) is 30.8 Å². The van der Waals surface area contributed by atoms with Gasteiger partial charge in [-0.15, -0.1) is 0 Å². The van der Waals surface area contributed by atoms with E-state index < -0.39 is 46.5 Å². The highest BCUT2D eigenvalue weighted by molar-refractivity contribution is 7.89. The van der Waals surface area contributed by atoms with Crippen LogP contribution in [0.4, 0.5) is 13.2 Å². The van der Waals surface area contributed by atoms with Gasteiger partial charge in [0.25, 0.3) is 5.91 Å². The fraction of sp³-hybridized carbons (Fsp3) is 0.516. The maximum absolute atomic E-state index is 13.3. The zero-order chi connectivity index (χ0) is 31.5. The third kappa shape index (κ3) is 7.39. The number of ether oxygens (including phenoxy) is 3. The molecule has 13 heteroatoms. The largest absolute Gasteiger partial charge is 0.497 e. The molecule has 44 heavy (non-hydrogen) atoms. The Kier molecular flexibility index (Phi) is 9.88. The summed E-state index contributed by atoms with van der Waals surface area (Å²) in [6.45, 7) is -0.826. The van der Waals surface area contributed by atoms with E-state index in [1.807, 2.05) is 0 Å². The Morgan fingerprint density at radius 2 is 1.77 bits per heavy atom. The zero-order valence-electron chi connectivity index (χ0n) is 24.3. The standard InChI is InChI=1S/C31H37F3N2O7S/c1-41-25-8-10-26(11-9-25)44(39,40)36(12-14-37)13-15-42-29-19-23(21-4-6-24(7-5-21)31(32,33)34)18-28(43-29)30(38)35-27-17-20-2-3-22(27)16-20/h4-11,18,20,22-23,27,29,37H,2-3,12-17,19H2,1H3,(H,35,38)/t20?,22?,23-,27?,29+/m0/s1. The Morgan fingerprint density at radius 1 is 1.05 bits per heavy atom. The van der Waals surface area contributed by atoms with E-state index in [1.165, 1.54) is 49.9 Å². The fourth-order valence-electron chi connectivity index (χ4n) is 6.38. The fourth-order valence-corrected chi connectivity index (χ4v) is 7.79. The van der Waals surface area contributed by atoms with Crippen LogP contribution in [0.2, 0.25) is 0 Å². The van der Waals surface area contributed by atoms with Gasteiger partial charge in [0.15, 0.2) is 5.76 Å². The second kappa shape index (κ2) is 13.5. The lowest BCUT2D eigenvalue weighted by Gasteiger charge is -2.31. The van der Waals surface area contributed by atoms with Crippen molar-refractivity contribution in [1.29, 1.82) is 0 Å². The van der Waals surface area contributed by atoms with Crippen LogP contribution in [-0.4, -0.2) is 69.5 Å². The number of carbonyl (C=O) groups excluding carboxylic acids is 1. The molecule has 2 N–H and O–H groups in total. The quantitative estimate of drug-likeness (QED) is 0.354. The summed E-state index contributed by atoms with van der Waals surface area (Å²) in [6, 6.07) is 10.7. The smallest absolute Gasteiger partial charge is 0.416 e. The average Bonchev–Trinajstić information content (AvgIpc) is 3.64. The van der Waals surface area contributed by atoms with Gasteiger partial charge >= 0.3 is 6.18 Å². The van der Waals surface area contributed by atoms with Crippen molar-refractivity contribution in [2.75, 3.05) is 33.4 Å². The van der Waals surface area contributed by atoms with E-state index in [4.69, 9.17) is 14.2 Å². The number of amides is 1. The number of hydrogen-bond donors (Lipinski definition) is 2. The molecule has 2 aromatic rings. The minimum atomic E-state index is -4.48. The van der Waals surface area contributed by atoms with Gasteiger partial charge in [-0.2, -0.15) is 17.5 Å². The molecule has 2 aromatic carbocycles. The van der Waals surface area contributed by atoms with Crippen LogP contribution >= 0.6 is 0 Å². The van der Waals surface area contributed by atoms with Gasteiger partial charge in [-0.25, -0.2) is 8.42 Å². The van der Waals surface area contributed by atoms with Crippen LogP contribution in [-0.2, 0) is 30.5 Å². The summed E-state index contributed by atoms with van der Waals surface area (Å²) in [5.74, 6) is 0.665. The molecular weight excluding hydrogens is 601 g/mol. The summed E-state index contributed by atoms with van der Waals surface area (Å²) in [5, 5.41) is 12.6. The molecule has 2 saturated carbocycles. The van der Waals surface area contributed by atoms with E-state index >= 15 is 0 Å². The van der Waals surface area contributed by atoms with Gasteiger partial charge in [-0.3, -0.25) is 4.79 Å². The second-order valence-corrected chi connectivity index (χ2v) is 13.4. The summed E-state index contributed by atoms with van der Waals surface area (Å²) in [4.78, 5) is 13.3. The maximum atomic E-state index is 13.3. The zero-order valence-corrected chi connectivity index (χ0v) is 25.1. The Bertz CT molecular complexity index is 1430. The summed E-state index contributed by atoms with van der Waals surface area (Å²) in [6.07, 6.45) is 0.604. The minimum Gasteiger partial charge on any atom is -0.497 e.